The summed E-state index contributed by atoms with van der Waals surface area (Å²) in [6, 6.07) is 0.562. The van der Waals surface area contributed by atoms with Gasteiger partial charge in [0.15, 0.2) is 0 Å². The lowest BCUT2D eigenvalue weighted by molar-refractivity contribution is 0.0101. The Morgan fingerprint density at radius 2 is 2.31 bits per heavy atom. The molecule has 0 spiro atoms. The molecule has 1 fully saturated rings. The van der Waals surface area contributed by atoms with Crippen LogP contribution in [0.1, 0.15) is 45.4 Å². The normalized spacial score (nSPS) is 23.2. The first kappa shape index (κ1) is 13.9. The lowest BCUT2D eigenvalue weighted by Gasteiger charge is -2.22. The fourth-order valence-electron chi connectivity index (χ4n) is 2.11. The second-order valence-electron chi connectivity index (χ2n) is 4.77. The van der Waals surface area contributed by atoms with E-state index in [0.717, 1.165) is 26.2 Å². The van der Waals surface area contributed by atoms with Crippen molar-refractivity contribution in [3.63, 3.8) is 0 Å². The molecule has 0 aromatic heterocycles. The lowest BCUT2D eigenvalue weighted by atomic mass is 10.0. The first-order valence-electron chi connectivity index (χ1n) is 6.67. The van der Waals surface area contributed by atoms with E-state index in [2.05, 4.69) is 12.2 Å². The van der Waals surface area contributed by atoms with Crippen molar-refractivity contribution in [3.8, 4) is 0 Å². The van der Waals surface area contributed by atoms with Crippen molar-refractivity contribution >= 4 is 0 Å². The average molecular weight is 229 g/mol. The van der Waals surface area contributed by atoms with Crippen molar-refractivity contribution in [2.75, 3.05) is 26.9 Å². The Morgan fingerprint density at radius 1 is 1.44 bits per heavy atom. The first-order valence-corrected chi connectivity index (χ1v) is 6.67. The van der Waals surface area contributed by atoms with Crippen LogP contribution in [0.5, 0.6) is 0 Å². The largest absolute Gasteiger partial charge is 0.385 e. The molecule has 3 nitrogen and oxygen atoms in total. The maximum Gasteiger partial charge on any atom is 0.0575 e. The van der Waals surface area contributed by atoms with Gasteiger partial charge in [-0.1, -0.05) is 0 Å². The van der Waals surface area contributed by atoms with Crippen molar-refractivity contribution in [3.05, 3.63) is 0 Å². The number of hydrogen-bond donors (Lipinski definition) is 1. The summed E-state index contributed by atoms with van der Waals surface area (Å²) in [7, 11) is 1.76. The Morgan fingerprint density at radius 3 is 3.00 bits per heavy atom. The average Bonchev–Trinajstić information content (AvgIpc) is 2.33. The number of rotatable bonds is 8. The summed E-state index contributed by atoms with van der Waals surface area (Å²) in [5, 5.41) is 3.52. The van der Waals surface area contributed by atoms with Gasteiger partial charge < -0.3 is 14.8 Å². The predicted octanol–water partition coefficient (Wildman–Crippen LogP) is 2.35. The predicted molar refractivity (Wildman–Crippen MR) is 66.8 cm³/mol. The molecule has 1 N–H and O–H groups in total. The summed E-state index contributed by atoms with van der Waals surface area (Å²) in [4.78, 5) is 0. The van der Waals surface area contributed by atoms with E-state index in [1.54, 1.807) is 7.11 Å². The molecule has 2 atom stereocenters. The summed E-state index contributed by atoms with van der Waals surface area (Å²) in [6.45, 7) is 5.14. The van der Waals surface area contributed by atoms with Crippen LogP contribution in [0.25, 0.3) is 0 Å². The van der Waals surface area contributed by atoms with Crippen LogP contribution >= 0.6 is 0 Å². The molecule has 0 radical (unpaired) electrons. The zero-order valence-corrected chi connectivity index (χ0v) is 10.8. The van der Waals surface area contributed by atoms with Crippen LogP contribution in [-0.2, 0) is 9.47 Å². The molecule has 96 valence electrons. The van der Waals surface area contributed by atoms with Gasteiger partial charge in [-0.15, -0.1) is 0 Å². The second-order valence-corrected chi connectivity index (χ2v) is 4.77. The van der Waals surface area contributed by atoms with Gasteiger partial charge in [0.25, 0.3) is 0 Å². The van der Waals surface area contributed by atoms with Gasteiger partial charge in [-0.05, 0) is 52.0 Å². The molecular formula is C13H27NO2. The highest BCUT2D eigenvalue weighted by Crippen LogP contribution is 2.16. The Labute approximate surface area is 99.9 Å². The minimum absolute atomic E-state index is 0.532. The Balaban J connectivity index is 1.90. The van der Waals surface area contributed by atoms with Crippen molar-refractivity contribution in [2.45, 2.75) is 57.6 Å². The fourth-order valence-corrected chi connectivity index (χ4v) is 2.11. The third-order valence-corrected chi connectivity index (χ3v) is 3.22. The zero-order valence-electron chi connectivity index (χ0n) is 10.8. The van der Waals surface area contributed by atoms with E-state index >= 15 is 0 Å². The molecule has 16 heavy (non-hydrogen) atoms. The van der Waals surface area contributed by atoms with Gasteiger partial charge in [-0.3, -0.25) is 0 Å². The molecule has 0 bridgehead atoms. The SMILES string of the molecule is COCCC(C)NCCCC1CCCCO1. The van der Waals surface area contributed by atoms with E-state index in [9.17, 15) is 0 Å². The highest BCUT2D eigenvalue weighted by molar-refractivity contribution is 4.66. The highest BCUT2D eigenvalue weighted by atomic mass is 16.5. The van der Waals surface area contributed by atoms with Crippen molar-refractivity contribution in [1.82, 2.24) is 5.32 Å². The highest BCUT2D eigenvalue weighted by Gasteiger charge is 2.12. The fraction of sp³-hybridized carbons (Fsp3) is 1.00. The molecule has 0 aromatic rings. The summed E-state index contributed by atoms with van der Waals surface area (Å²) in [5.41, 5.74) is 0. The van der Waals surface area contributed by atoms with E-state index in [4.69, 9.17) is 9.47 Å². The van der Waals surface area contributed by atoms with Gasteiger partial charge in [0.05, 0.1) is 6.10 Å². The van der Waals surface area contributed by atoms with E-state index in [-0.39, 0.29) is 0 Å². The summed E-state index contributed by atoms with van der Waals surface area (Å²) in [6.07, 6.45) is 7.93. The monoisotopic (exact) mass is 229 g/mol. The molecule has 0 amide bonds. The third-order valence-electron chi connectivity index (χ3n) is 3.22. The summed E-state index contributed by atoms with van der Waals surface area (Å²) < 4.78 is 10.8. The maximum atomic E-state index is 5.70. The molecular weight excluding hydrogens is 202 g/mol. The standard InChI is InChI=1S/C13H27NO2/c1-12(8-11-15-2)14-9-5-7-13-6-3-4-10-16-13/h12-14H,3-11H2,1-2H3. The zero-order chi connectivity index (χ0) is 11.6. The van der Waals surface area contributed by atoms with E-state index in [0.29, 0.717) is 12.1 Å². The van der Waals surface area contributed by atoms with Crippen LogP contribution in [0.4, 0.5) is 0 Å². The van der Waals surface area contributed by atoms with Crippen LogP contribution in [0, 0.1) is 0 Å². The van der Waals surface area contributed by atoms with Crippen LogP contribution in [-0.4, -0.2) is 39.0 Å². The Kier molecular flexibility index (Phi) is 7.81. The molecule has 1 aliphatic heterocycles. The molecule has 2 unspecified atom stereocenters. The first-order chi connectivity index (χ1) is 7.83. The molecule has 1 saturated heterocycles. The molecule has 3 heteroatoms. The number of methoxy groups -OCH3 is 1. The topological polar surface area (TPSA) is 30.5 Å². The molecule has 0 aliphatic carbocycles. The molecule has 1 aliphatic rings. The molecule has 1 heterocycles. The summed E-state index contributed by atoms with van der Waals surface area (Å²) in [5.74, 6) is 0. The van der Waals surface area contributed by atoms with Gasteiger partial charge in [0.1, 0.15) is 0 Å². The van der Waals surface area contributed by atoms with Gasteiger partial charge in [-0.25, -0.2) is 0 Å². The smallest absolute Gasteiger partial charge is 0.0575 e. The maximum absolute atomic E-state index is 5.70. The van der Waals surface area contributed by atoms with Gasteiger partial charge >= 0.3 is 0 Å². The van der Waals surface area contributed by atoms with Crippen molar-refractivity contribution in [2.24, 2.45) is 0 Å². The van der Waals surface area contributed by atoms with Gasteiger partial charge in [0.2, 0.25) is 0 Å². The Hall–Kier alpha value is -0.120. The van der Waals surface area contributed by atoms with Gasteiger partial charge in [0, 0.05) is 26.4 Å². The minimum Gasteiger partial charge on any atom is -0.385 e. The summed E-state index contributed by atoms with van der Waals surface area (Å²) >= 11 is 0. The number of ether oxygens (including phenoxy) is 2. The Bertz CT molecular complexity index is 158. The van der Waals surface area contributed by atoms with E-state index < -0.39 is 0 Å². The quantitative estimate of drug-likeness (QED) is 0.648. The van der Waals surface area contributed by atoms with Crippen LogP contribution in [0.3, 0.4) is 0 Å². The van der Waals surface area contributed by atoms with E-state index in [1.165, 1.54) is 32.1 Å². The third kappa shape index (κ3) is 6.46. The second kappa shape index (κ2) is 8.97. The van der Waals surface area contributed by atoms with Crippen LogP contribution in [0.15, 0.2) is 0 Å². The van der Waals surface area contributed by atoms with Gasteiger partial charge in [-0.2, -0.15) is 0 Å². The van der Waals surface area contributed by atoms with E-state index in [1.807, 2.05) is 0 Å². The van der Waals surface area contributed by atoms with Crippen molar-refractivity contribution in [1.29, 1.82) is 0 Å². The minimum atomic E-state index is 0.532. The number of nitrogens with one attached hydrogen (secondary N) is 1. The van der Waals surface area contributed by atoms with Crippen LogP contribution < -0.4 is 5.32 Å². The number of hydrogen-bond acceptors (Lipinski definition) is 3. The van der Waals surface area contributed by atoms with Crippen molar-refractivity contribution < 1.29 is 9.47 Å². The lowest BCUT2D eigenvalue weighted by Crippen LogP contribution is -2.29. The molecule has 0 aromatic carbocycles. The molecule has 1 rings (SSSR count). The van der Waals surface area contributed by atoms with Crippen LogP contribution in [0.2, 0.25) is 0 Å². The molecule has 0 saturated carbocycles.